The van der Waals surface area contributed by atoms with Crippen molar-refractivity contribution in [3.05, 3.63) is 40.0 Å². The van der Waals surface area contributed by atoms with E-state index >= 15 is 0 Å². The molecule has 3 aromatic heterocycles. The van der Waals surface area contributed by atoms with Crippen molar-refractivity contribution >= 4 is 33.7 Å². The number of rotatable bonds is 3. The number of hydrogen-bond acceptors (Lipinski definition) is 4. The van der Waals surface area contributed by atoms with Crippen LogP contribution in [-0.4, -0.2) is 35.3 Å². The third-order valence-corrected chi connectivity index (χ3v) is 3.75. The van der Waals surface area contributed by atoms with E-state index < -0.39 is 12.7 Å². The first-order chi connectivity index (χ1) is 11.2. The molecule has 0 saturated heterocycles. The number of halogens is 4. The molecule has 3 heterocycles. The van der Waals surface area contributed by atoms with Crippen LogP contribution < -0.4 is 0 Å². The van der Waals surface area contributed by atoms with Gasteiger partial charge in [0, 0.05) is 6.20 Å². The summed E-state index contributed by atoms with van der Waals surface area (Å²) in [5, 5.41) is 4.31. The summed E-state index contributed by atoms with van der Waals surface area (Å²) in [7, 11) is 0. The zero-order valence-electron chi connectivity index (χ0n) is 12.7. The molecule has 0 aliphatic heterocycles. The second kappa shape index (κ2) is 6.00. The molecule has 0 fully saturated rings. The highest BCUT2D eigenvalue weighted by Gasteiger charge is 2.28. The van der Waals surface area contributed by atoms with Crippen LogP contribution in [0, 0.1) is 13.8 Å². The van der Waals surface area contributed by atoms with E-state index in [0.717, 1.165) is 16.0 Å². The predicted molar refractivity (Wildman–Crippen MR) is 85.2 cm³/mol. The van der Waals surface area contributed by atoms with Crippen molar-refractivity contribution in [1.82, 2.24) is 29.1 Å². The van der Waals surface area contributed by atoms with Crippen LogP contribution in [0.3, 0.4) is 0 Å². The molecule has 10 heteroatoms. The lowest BCUT2D eigenvalue weighted by molar-refractivity contribution is -0.140. The molecule has 0 spiro atoms. The van der Waals surface area contributed by atoms with Crippen LogP contribution in [0.4, 0.5) is 13.2 Å². The van der Waals surface area contributed by atoms with Gasteiger partial charge in [-0.25, -0.2) is 14.5 Å². The second-order valence-electron chi connectivity index (χ2n) is 5.17. The van der Waals surface area contributed by atoms with Gasteiger partial charge in [0.05, 0.1) is 17.6 Å². The van der Waals surface area contributed by atoms with E-state index in [1.807, 2.05) is 13.8 Å². The van der Waals surface area contributed by atoms with Crippen LogP contribution >= 0.6 is 15.9 Å². The Bertz CT molecular complexity index is 925. The number of fused-ring (bicyclic) bond motifs is 1. The van der Waals surface area contributed by atoms with Gasteiger partial charge < -0.3 is 4.57 Å². The molecule has 0 aliphatic rings. The second-order valence-corrected chi connectivity index (χ2v) is 5.98. The summed E-state index contributed by atoms with van der Waals surface area (Å²) in [6, 6.07) is 0. The van der Waals surface area contributed by atoms with Crippen molar-refractivity contribution in [2.24, 2.45) is 0 Å². The fraction of sp³-hybridized carbons (Fsp3) is 0.286. The highest BCUT2D eigenvalue weighted by molar-refractivity contribution is 9.10. The number of hydrogen-bond donors (Lipinski definition) is 0. The maximum absolute atomic E-state index is 12.6. The van der Waals surface area contributed by atoms with Gasteiger partial charge in [0.1, 0.15) is 17.0 Å². The number of alkyl halides is 3. The summed E-state index contributed by atoms with van der Waals surface area (Å²) < 4.78 is 40.7. The molecule has 0 bridgehead atoms. The van der Waals surface area contributed by atoms with Crippen molar-refractivity contribution in [3.63, 3.8) is 0 Å². The van der Waals surface area contributed by atoms with Crippen molar-refractivity contribution in [3.8, 4) is 0 Å². The minimum Gasteiger partial charge on any atom is -0.321 e. The van der Waals surface area contributed by atoms with E-state index in [-0.39, 0.29) is 5.82 Å². The Hall–Kier alpha value is -2.23. The predicted octanol–water partition coefficient (Wildman–Crippen LogP) is 3.43. The lowest BCUT2D eigenvalue weighted by atomic mass is 10.3. The van der Waals surface area contributed by atoms with Gasteiger partial charge in [0.2, 0.25) is 0 Å². The molecular weight excluding hydrogens is 389 g/mol. The van der Waals surface area contributed by atoms with Crippen LogP contribution in [0.2, 0.25) is 0 Å². The van der Waals surface area contributed by atoms with Crippen LogP contribution in [0.25, 0.3) is 17.8 Å². The zero-order valence-corrected chi connectivity index (χ0v) is 14.3. The molecule has 0 saturated carbocycles. The van der Waals surface area contributed by atoms with Crippen LogP contribution in [0.15, 0.2) is 17.0 Å². The van der Waals surface area contributed by atoms with Gasteiger partial charge in [0.15, 0.2) is 11.5 Å². The first kappa shape index (κ1) is 16.6. The lowest BCUT2D eigenvalue weighted by Gasteiger charge is -2.08. The van der Waals surface area contributed by atoms with Crippen molar-refractivity contribution in [2.75, 3.05) is 0 Å². The summed E-state index contributed by atoms with van der Waals surface area (Å²) in [6.07, 6.45) is 1.50. The molecule has 0 N–H and O–H groups in total. The summed E-state index contributed by atoms with van der Waals surface area (Å²) in [5.41, 5.74) is 2.24. The van der Waals surface area contributed by atoms with Crippen molar-refractivity contribution < 1.29 is 13.2 Å². The molecule has 0 atom stereocenters. The Kier molecular flexibility index (Phi) is 4.16. The highest BCUT2D eigenvalue weighted by atomic mass is 79.9. The zero-order chi connectivity index (χ0) is 17.5. The standard InChI is InChI=1S/C14H12BrF3N6/c1-8-9(2)24-13(5-19-8)21-11(22-24)3-4-12-20-10(15)6-23(12)7-14(16,17)18/h3-6H,7H2,1-2H3/b4-3+. The number of nitrogens with zero attached hydrogens (tertiary/aromatic N) is 6. The van der Waals surface area contributed by atoms with Gasteiger partial charge >= 0.3 is 6.18 Å². The van der Waals surface area contributed by atoms with Crippen LogP contribution in [-0.2, 0) is 6.54 Å². The van der Waals surface area contributed by atoms with Gasteiger partial charge in [-0.1, -0.05) is 0 Å². The first-order valence-electron chi connectivity index (χ1n) is 6.89. The maximum atomic E-state index is 12.6. The average Bonchev–Trinajstić information content (AvgIpc) is 3.03. The molecule has 24 heavy (non-hydrogen) atoms. The van der Waals surface area contributed by atoms with E-state index in [4.69, 9.17) is 0 Å². The largest absolute Gasteiger partial charge is 0.406 e. The fourth-order valence-corrected chi connectivity index (χ4v) is 2.57. The SMILES string of the molecule is Cc1ncc2nc(/C=C/c3nc(Br)cn3CC(F)(F)F)nn2c1C. The molecule has 3 rings (SSSR count). The molecule has 0 aromatic carbocycles. The smallest absolute Gasteiger partial charge is 0.321 e. The normalized spacial score (nSPS) is 12.6. The third kappa shape index (κ3) is 3.48. The summed E-state index contributed by atoms with van der Waals surface area (Å²) >= 11 is 3.09. The molecule has 126 valence electrons. The first-order valence-corrected chi connectivity index (χ1v) is 7.69. The topological polar surface area (TPSA) is 60.9 Å². The van der Waals surface area contributed by atoms with Crippen molar-refractivity contribution in [2.45, 2.75) is 26.6 Å². The van der Waals surface area contributed by atoms with E-state index in [1.165, 1.54) is 18.3 Å². The molecule has 6 nitrogen and oxygen atoms in total. The number of aryl methyl sites for hydroxylation is 2. The Morgan fingerprint density at radius 2 is 1.96 bits per heavy atom. The maximum Gasteiger partial charge on any atom is 0.406 e. The molecule has 0 unspecified atom stereocenters. The minimum absolute atomic E-state index is 0.157. The number of aromatic nitrogens is 6. The van der Waals surface area contributed by atoms with Gasteiger partial charge in [0.25, 0.3) is 0 Å². The Balaban J connectivity index is 1.93. The monoisotopic (exact) mass is 400 g/mol. The summed E-state index contributed by atoms with van der Waals surface area (Å²) in [6.45, 7) is 2.61. The van der Waals surface area contributed by atoms with Gasteiger partial charge in [-0.05, 0) is 41.9 Å². The van der Waals surface area contributed by atoms with Gasteiger partial charge in [-0.15, -0.1) is 5.10 Å². The fourth-order valence-electron chi connectivity index (χ4n) is 2.14. The Morgan fingerprint density at radius 3 is 2.67 bits per heavy atom. The Labute approximate surface area is 143 Å². The summed E-state index contributed by atoms with van der Waals surface area (Å²) in [4.78, 5) is 12.5. The third-order valence-electron chi connectivity index (χ3n) is 3.37. The van der Waals surface area contributed by atoms with Crippen LogP contribution in [0.5, 0.6) is 0 Å². The van der Waals surface area contributed by atoms with E-state index in [0.29, 0.717) is 16.1 Å². The highest BCUT2D eigenvalue weighted by Crippen LogP contribution is 2.21. The quantitative estimate of drug-likeness (QED) is 0.675. The molecule has 0 radical (unpaired) electrons. The molecule has 0 aliphatic carbocycles. The van der Waals surface area contributed by atoms with Crippen LogP contribution in [0.1, 0.15) is 23.0 Å². The van der Waals surface area contributed by atoms with Gasteiger partial charge in [-0.3, -0.25) is 4.98 Å². The summed E-state index contributed by atoms with van der Waals surface area (Å²) in [5.74, 6) is 0.521. The Morgan fingerprint density at radius 1 is 1.21 bits per heavy atom. The van der Waals surface area contributed by atoms with Crippen molar-refractivity contribution in [1.29, 1.82) is 0 Å². The molecule has 0 amide bonds. The number of imidazole rings is 1. The van der Waals surface area contributed by atoms with E-state index in [9.17, 15) is 13.2 Å². The van der Waals surface area contributed by atoms with Gasteiger partial charge in [-0.2, -0.15) is 13.2 Å². The molecule has 3 aromatic rings. The van der Waals surface area contributed by atoms with E-state index in [1.54, 1.807) is 10.7 Å². The average molecular weight is 401 g/mol. The minimum atomic E-state index is -4.33. The lowest BCUT2D eigenvalue weighted by Crippen LogP contribution is -2.17. The van der Waals surface area contributed by atoms with E-state index in [2.05, 4.69) is 36.0 Å². The molecular formula is C14H12BrF3N6.